The van der Waals surface area contributed by atoms with Gasteiger partial charge in [-0.2, -0.15) is 18.3 Å². The fourth-order valence-electron chi connectivity index (χ4n) is 3.85. The maximum Gasteiger partial charge on any atom is 0.415 e. The van der Waals surface area contributed by atoms with E-state index in [1.807, 2.05) is 13.8 Å². The third-order valence-electron chi connectivity index (χ3n) is 5.62. The van der Waals surface area contributed by atoms with E-state index < -0.39 is 35.7 Å². The number of alkyl halides is 3. The minimum absolute atomic E-state index is 0.0811. The number of anilines is 1. The number of fused-ring (bicyclic) bond motifs is 1. The van der Waals surface area contributed by atoms with Crippen molar-refractivity contribution in [1.29, 1.82) is 0 Å². The Morgan fingerprint density at radius 1 is 1.33 bits per heavy atom. The van der Waals surface area contributed by atoms with Crippen LogP contribution >= 0.6 is 0 Å². The Kier molecular flexibility index (Phi) is 4.66. The summed E-state index contributed by atoms with van der Waals surface area (Å²) in [7, 11) is 0. The largest absolute Gasteiger partial charge is 0.444 e. The Balaban J connectivity index is 1.86. The Hall–Kier alpha value is -2.85. The molecular weight excluding hydrogens is 403 g/mol. The van der Waals surface area contributed by atoms with Crippen LogP contribution in [-0.2, 0) is 4.74 Å². The van der Waals surface area contributed by atoms with Crippen LogP contribution in [0.3, 0.4) is 0 Å². The number of aryl methyl sites for hydroxylation is 1. The molecule has 8 nitrogen and oxygen atoms in total. The zero-order valence-electron chi connectivity index (χ0n) is 16.7. The molecule has 162 valence electrons. The Morgan fingerprint density at radius 2 is 2.00 bits per heavy atom. The van der Waals surface area contributed by atoms with Gasteiger partial charge in [0.2, 0.25) is 0 Å². The second kappa shape index (κ2) is 6.85. The van der Waals surface area contributed by atoms with E-state index in [2.05, 4.69) is 10.1 Å². The summed E-state index contributed by atoms with van der Waals surface area (Å²) >= 11 is 0. The molecule has 0 spiro atoms. The van der Waals surface area contributed by atoms with E-state index in [1.165, 1.54) is 15.5 Å². The Labute approximate surface area is 170 Å². The first-order valence-corrected chi connectivity index (χ1v) is 9.74. The van der Waals surface area contributed by atoms with E-state index in [9.17, 15) is 22.8 Å². The van der Waals surface area contributed by atoms with Crippen molar-refractivity contribution in [3.63, 3.8) is 0 Å². The fraction of sp³-hybridized carbons (Fsp3) is 0.579. The van der Waals surface area contributed by atoms with Crippen molar-refractivity contribution in [1.82, 2.24) is 14.6 Å². The monoisotopic (exact) mass is 425 g/mol. The van der Waals surface area contributed by atoms with Crippen molar-refractivity contribution in [2.45, 2.75) is 51.8 Å². The number of primary amides is 1. The lowest BCUT2D eigenvalue weighted by Gasteiger charge is -2.18. The first-order chi connectivity index (χ1) is 14.0. The van der Waals surface area contributed by atoms with Crippen LogP contribution in [0, 0.1) is 18.8 Å². The minimum Gasteiger partial charge on any atom is -0.444 e. The molecule has 1 saturated carbocycles. The van der Waals surface area contributed by atoms with Crippen molar-refractivity contribution in [3.8, 4) is 0 Å². The van der Waals surface area contributed by atoms with Crippen LogP contribution in [0.25, 0.3) is 5.65 Å². The summed E-state index contributed by atoms with van der Waals surface area (Å²) < 4.78 is 47.8. The van der Waals surface area contributed by atoms with E-state index in [0.29, 0.717) is 18.5 Å². The number of hydrogen-bond donors (Lipinski definition) is 1. The number of cyclic esters (lactones) is 1. The second-order valence-corrected chi connectivity index (χ2v) is 8.25. The van der Waals surface area contributed by atoms with Crippen LogP contribution in [0.2, 0.25) is 0 Å². The SMILES string of the molecule is Cc1cc(N2CC(C(C)C)OC2=O)nc2c(C(N)=O)c([C@H](C3CC3)C(F)(F)F)nn12. The topological polar surface area (TPSA) is 103 Å². The molecule has 2 amide bonds. The van der Waals surface area contributed by atoms with Gasteiger partial charge in [-0.15, -0.1) is 0 Å². The van der Waals surface area contributed by atoms with Crippen molar-refractivity contribution >= 4 is 23.5 Å². The van der Waals surface area contributed by atoms with Gasteiger partial charge in [-0.25, -0.2) is 14.3 Å². The highest BCUT2D eigenvalue weighted by Crippen LogP contribution is 2.51. The lowest BCUT2D eigenvalue weighted by molar-refractivity contribution is -0.156. The summed E-state index contributed by atoms with van der Waals surface area (Å²) in [6.07, 6.45) is -4.69. The molecule has 1 aliphatic carbocycles. The Bertz CT molecular complexity index is 1030. The number of amides is 2. The van der Waals surface area contributed by atoms with Gasteiger partial charge in [-0.3, -0.25) is 9.69 Å². The van der Waals surface area contributed by atoms with Crippen LogP contribution < -0.4 is 10.6 Å². The first kappa shape index (κ1) is 20.4. The van der Waals surface area contributed by atoms with E-state index in [1.54, 1.807) is 6.92 Å². The Morgan fingerprint density at radius 3 is 2.50 bits per heavy atom. The van der Waals surface area contributed by atoms with Crippen LogP contribution in [0.5, 0.6) is 0 Å². The van der Waals surface area contributed by atoms with Gasteiger partial charge in [0, 0.05) is 11.8 Å². The average Bonchev–Trinajstić information content (AvgIpc) is 3.23. The minimum atomic E-state index is -4.57. The van der Waals surface area contributed by atoms with Crippen molar-refractivity contribution in [3.05, 3.63) is 23.0 Å². The molecule has 1 unspecified atom stereocenters. The maximum absolute atomic E-state index is 13.8. The molecule has 2 N–H and O–H groups in total. The fourth-order valence-corrected chi connectivity index (χ4v) is 3.85. The highest BCUT2D eigenvalue weighted by Gasteiger charge is 2.52. The predicted molar refractivity (Wildman–Crippen MR) is 100 cm³/mol. The van der Waals surface area contributed by atoms with Crippen molar-refractivity contribution in [2.24, 2.45) is 17.6 Å². The normalized spacial score (nSPS) is 20.8. The maximum atomic E-state index is 13.8. The van der Waals surface area contributed by atoms with Crippen LogP contribution in [0.1, 0.15) is 54.4 Å². The lowest BCUT2D eigenvalue weighted by atomic mass is 9.95. The molecule has 30 heavy (non-hydrogen) atoms. The summed E-state index contributed by atoms with van der Waals surface area (Å²) in [5.74, 6) is -3.29. The number of nitrogens with two attached hydrogens (primary N) is 1. The number of aromatic nitrogens is 3. The summed E-state index contributed by atoms with van der Waals surface area (Å²) in [5, 5.41) is 4.09. The third-order valence-corrected chi connectivity index (χ3v) is 5.62. The van der Waals surface area contributed by atoms with E-state index >= 15 is 0 Å². The molecule has 2 aromatic rings. The van der Waals surface area contributed by atoms with Gasteiger partial charge >= 0.3 is 12.3 Å². The number of carbonyl (C=O) groups excluding carboxylic acids is 2. The van der Waals surface area contributed by atoms with Crippen LogP contribution in [-0.4, -0.2) is 45.4 Å². The highest BCUT2D eigenvalue weighted by molar-refractivity contribution is 6.00. The molecule has 11 heteroatoms. The molecule has 2 aromatic heterocycles. The van der Waals surface area contributed by atoms with Crippen molar-refractivity contribution in [2.75, 3.05) is 11.4 Å². The zero-order valence-corrected chi connectivity index (χ0v) is 16.7. The number of nitrogens with zero attached hydrogens (tertiary/aromatic N) is 4. The number of ether oxygens (including phenoxy) is 1. The van der Waals surface area contributed by atoms with Gasteiger partial charge in [0.1, 0.15) is 23.4 Å². The standard InChI is InChI=1S/C19H22F3N5O3/c1-8(2)11-7-26(18(29)30-11)12-6-9(3)27-17(24-12)13(16(23)28)15(25-27)14(10-4-5-10)19(20,21)22/h6,8,10-11,14H,4-5,7H2,1-3H3,(H2,23,28)/t11?,14-/m0/s1. The van der Waals surface area contributed by atoms with Crippen molar-refractivity contribution < 1.29 is 27.5 Å². The summed E-state index contributed by atoms with van der Waals surface area (Å²) in [5.41, 5.74) is 5.02. The molecule has 0 radical (unpaired) electrons. The second-order valence-electron chi connectivity index (χ2n) is 8.25. The van der Waals surface area contributed by atoms with E-state index in [-0.39, 0.29) is 35.6 Å². The molecule has 4 rings (SSSR count). The van der Waals surface area contributed by atoms with Gasteiger partial charge in [-0.1, -0.05) is 13.8 Å². The molecule has 0 bridgehead atoms. The molecule has 2 atom stereocenters. The molecule has 2 aliphatic rings. The average molecular weight is 425 g/mol. The van der Waals surface area contributed by atoms with E-state index in [0.717, 1.165) is 0 Å². The van der Waals surface area contributed by atoms with E-state index in [4.69, 9.17) is 10.5 Å². The van der Waals surface area contributed by atoms with Crippen LogP contribution in [0.4, 0.5) is 23.8 Å². The number of halogens is 3. The molecule has 3 heterocycles. The van der Waals surface area contributed by atoms with Gasteiger partial charge in [0.15, 0.2) is 5.65 Å². The van der Waals surface area contributed by atoms with Gasteiger partial charge in [-0.05, 0) is 31.6 Å². The van der Waals surface area contributed by atoms with Gasteiger partial charge < -0.3 is 10.5 Å². The third kappa shape index (κ3) is 3.35. The predicted octanol–water partition coefficient (Wildman–Crippen LogP) is 3.17. The zero-order chi connectivity index (χ0) is 22.0. The quantitative estimate of drug-likeness (QED) is 0.793. The molecule has 2 fully saturated rings. The number of hydrogen-bond acceptors (Lipinski definition) is 5. The number of rotatable bonds is 5. The molecule has 1 saturated heterocycles. The summed E-state index contributed by atoms with van der Waals surface area (Å²) in [6.45, 7) is 5.68. The highest BCUT2D eigenvalue weighted by atomic mass is 19.4. The molecule has 0 aromatic carbocycles. The number of carbonyl (C=O) groups is 2. The van der Waals surface area contributed by atoms with Gasteiger partial charge in [0.05, 0.1) is 12.2 Å². The first-order valence-electron chi connectivity index (χ1n) is 9.74. The summed E-state index contributed by atoms with van der Waals surface area (Å²) in [6, 6.07) is 1.53. The summed E-state index contributed by atoms with van der Waals surface area (Å²) in [4.78, 5) is 30.1. The molecular formula is C19H22F3N5O3. The lowest BCUT2D eigenvalue weighted by Crippen LogP contribution is -2.27. The van der Waals surface area contributed by atoms with Gasteiger partial charge in [0.25, 0.3) is 5.91 Å². The smallest absolute Gasteiger partial charge is 0.415 e. The van der Waals surface area contributed by atoms with Crippen LogP contribution in [0.15, 0.2) is 6.07 Å². The molecule has 1 aliphatic heterocycles.